The molecule has 2 fully saturated rings. The van der Waals surface area contributed by atoms with Gasteiger partial charge in [0.2, 0.25) is 0 Å². The highest BCUT2D eigenvalue weighted by Crippen LogP contribution is 2.40. The highest BCUT2D eigenvalue weighted by molar-refractivity contribution is 5.99. The smallest absolute Gasteiger partial charge is 0.271 e. The highest BCUT2D eigenvalue weighted by Gasteiger charge is 2.48. The number of primary amides is 1. The fourth-order valence-electron chi connectivity index (χ4n) is 4.68. The number of aromatic nitrogens is 5. The Balaban J connectivity index is 1.32. The number of aryl methyl sites for hydroxylation is 1. The fraction of sp³-hybridized carbons (Fsp3) is 0.292. The molecule has 0 aliphatic carbocycles. The molecule has 0 atom stereocenters. The Morgan fingerprint density at radius 1 is 1.11 bits per heavy atom. The van der Waals surface area contributed by atoms with E-state index in [2.05, 4.69) is 35.5 Å². The van der Waals surface area contributed by atoms with Crippen LogP contribution in [0.1, 0.15) is 10.5 Å². The molecule has 1 spiro atoms. The predicted molar refractivity (Wildman–Crippen MR) is 133 cm³/mol. The Kier molecular flexibility index (Phi) is 4.81. The molecule has 0 saturated carbocycles. The molecule has 2 saturated heterocycles. The minimum absolute atomic E-state index is 0.0330. The average Bonchev–Trinajstić information content (AvgIpc) is 3.19. The molecule has 35 heavy (non-hydrogen) atoms. The van der Waals surface area contributed by atoms with Gasteiger partial charge in [-0.3, -0.25) is 9.78 Å². The van der Waals surface area contributed by atoms with Gasteiger partial charge in [0.1, 0.15) is 11.2 Å². The molecule has 4 aromatic rings. The number of carbonyl (C=O) groups is 1. The molecule has 1 aromatic carbocycles. The molecule has 1 amide bonds. The summed E-state index contributed by atoms with van der Waals surface area (Å²) in [7, 11) is 3.63. The van der Waals surface area contributed by atoms with E-state index in [4.69, 9.17) is 10.5 Å². The lowest BCUT2D eigenvalue weighted by Crippen LogP contribution is -2.66. The van der Waals surface area contributed by atoms with Crippen molar-refractivity contribution >= 4 is 40.0 Å². The first-order valence-electron chi connectivity index (χ1n) is 11.3. The zero-order valence-corrected chi connectivity index (χ0v) is 19.4. The van der Waals surface area contributed by atoms with E-state index in [9.17, 15) is 4.79 Å². The lowest BCUT2D eigenvalue weighted by atomic mass is 9.78. The van der Waals surface area contributed by atoms with Gasteiger partial charge in [-0.1, -0.05) is 0 Å². The van der Waals surface area contributed by atoms with E-state index in [1.54, 1.807) is 25.8 Å². The normalized spacial score (nSPS) is 16.1. The quantitative estimate of drug-likeness (QED) is 0.386. The monoisotopic (exact) mass is 471 g/mol. The fourth-order valence-corrected chi connectivity index (χ4v) is 4.68. The van der Waals surface area contributed by atoms with Crippen LogP contribution in [-0.4, -0.2) is 63.8 Å². The van der Waals surface area contributed by atoms with Crippen LogP contribution in [0.4, 0.5) is 23.0 Å². The van der Waals surface area contributed by atoms with Gasteiger partial charge in [-0.05, 0) is 24.3 Å². The minimum atomic E-state index is -0.685. The van der Waals surface area contributed by atoms with Crippen molar-refractivity contribution < 1.29 is 9.53 Å². The van der Waals surface area contributed by atoms with Crippen LogP contribution in [0.5, 0.6) is 0 Å². The number of nitrogens with one attached hydrogen (secondary N) is 2. The van der Waals surface area contributed by atoms with Crippen molar-refractivity contribution in [2.45, 2.75) is 0 Å². The number of nitrogens with zero attached hydrogens (tertiary/aromatic N) is 6. The van der Waals surface area contributed by atoms with Crippen molar-refractivity contribution in [3.05, 3.63) is 48.7 Å². The van der Waals surface area contributed by atoms with Gasteiger partial charge < -0.3 is 30.6 Å². The van der Waals surface area contributed by atoms with Crippen molar-refractivity contribution in [1.82, 2.24) is 24.5 Å². The maximum absolute atomic E-state index is 12.4. The molecule has 2 aliphatic heterocycles. The SMILES string of the molecule is CNc1nc(Nc2ccc(N3CC4(COC4)C3)cc2)c(C(N)=O)nc1-c1cncc2c1ncn2C. The van der Waals surface area contributed by atoms with E-state index < -0.39 is 5.91 Å². The number of benzene rings is 1. The molecule has 0 bridgehead atoms. The molecule has 11 nitrogen and oxygen atoms in total. The predicted octanol–water partition coefficient (Wildman–Crippen LogP) is 2.15. The number of nitrogens with two attached hydrogens (primary N) is 1. The first-order valence-corrected chi connectivity index (χ1v) is 11.3. The van der Waals surface area contributed by atoms with E-state index in [0.717, 1.165) is 43.2 Å². The molecule has 3 aromatic heterocycles. The largest absolute Gasteiger partial charge is 0.380 e. The van der Waals surface area contributed by atoms with E-state index in [1.807, 2.05) is 35.9 Å². The summed E-state index contributed by atoms with van der Waals surface area (Å²) in [6.45, 7) is 3.74. The van der Waals surface area contributed by atoms with Gasteiger partial charge in [0, 0.05) is 44.8 Å². The number of hydrogen-bond acceptors (Lipinski definition) is 9. The Hall–Kier alpha value is -4.25. The molecule has 11 heteroatoms. The third-order valence-corrected chi connectivity index (χ3v) is 6.62. The van der Waals surface area contributed by atoms with Crippen molar-refractivity contribution in [3.8, 4) is 11.3 Å². The van der Waals surface area contributed by atoms with Crippen molar-refractivity contribution in [3.63, 3.8) is 0 Å². The number of pyridine rings is 1. The summed E-state index contributed by atoms with van der Waals surface area (Å²) in [5.74, 6) is 0.0620. The summed E-state index contributed by atoms with van der Waals surface area (Å²) in [5, 5.41) is 6.27. The highest BCUT2D eigenvalue weighted by atomic mass is 16.5. The van der Waals surface area contributed by atoms with Crippen LogP contribution in [0.3, 0.4) is 0 Å². The summed E-state index contributed by atoms with van der Waals surface area (Å²) < 4.78 is 7.23. The summed E-state index contributed by atoms with van der Waals surface area (Å²) in [4.78, 5) is 32.7. The van der Waals surface area contributed by atoms with E-state index in [-0.39, 0.29) is 11.5 Å². The zero-order chi connectivity index (χ0) is 24.2. The lowest BCUT2D eigenvalue weighted by Gasteiger charge is -2.56. The van der Waals surface area contributed by atoms with E-state index >= 15 is 0 Å². The molecule has 178 valence electrons. The van der Waals surface area contributed by atoms with Gasteiger partial charge in [0.15, 0.2) is 17.3 Å². The van der Waals surface area contributed by atoms with Crippen LogP contribution >= 0.6 is 0 Å². The molecule has 0 unspecified atom stereocenters. The topological polar surface area (TPSA) is 136 Å². The van der Waals surface area contributed by atoms with Gasteiger partial charge >= 0.3 is 0 Å². The summed E-state index contributed by atoms with van der Waals surface area (Å²) in [5.41, 5.74) is 10.7. The maximum atomic E-state index is 12.4. The summed E-state index contributed by atoms with van der Waals surface area (Å²) in [6.07, 6.45) is 5.09. The van der Waals surface area contributed by atoms with Crippen LogP contribution in [0.2, 0.25) is 0 Å². The van der Waals surface area contributed by atoms with Crippen LogP contribution in [0, 0.1) is 5.41 Å². The molecule has 4 N–H and O–H groups in total. The molecule has 6 rings (SSSR count). The van der Waals surface area contributed by atoms with Crippen LogP contribution in [0.15, 0.2) is 43.0 Å². The second-order valence-corrected chi connectivity index (χ2v) is 9.16. The lowest BCUT2D eigenvalue weighted by molar-refractivity contribution is -0.127. The number of rotatable bonds is 6. The second kappa shape index (κ2) is 7.91. The number of fused-ring (bicyclic) bond motifs is 1. The van der Waals surface area contributed by atoms with Gasteiger partial charge in [-0.25, -0.2) is 15.0 Å². The summed E-state index contributed by atoms with van der Waals surface area (Å²) in [6, 6.07) is 8.00. The maximum Gasteiger partial charge on any atom is 0.271 e. The Bertz CT molecular complexity index is 1440. The number of ether oxygens (including phenoxy) is 1. The van der Waals surface area contributed by atoms with Crippen molar-refractivity contribution in [1.29, 1.82) is 0 Å². The van der Waals surface area contributed by atoms with E-state index in [0.29, 0.717) is 28.0 Å². The van der Waals surface area contributed by atoms with Crippen LogP contribution in [-0.2, 0) is 11.8 Å². The van der Waals surface area contributed by atoms with E-state index in [1.165, 1.54) is 0 Å². The third kappa shape index (κ3) is 3.51. The molecule has 5 heterocycles. The van der Waals surface area contributed by atoms with Gasteiger partial charge in [-0.2, -0.15) is 0 Å². The Morgan fingerprint density at radius 3 is 2.54 bits per heavy atom. The summed E-state index contributed by atoms with van der Waals surface area (Å²) >= 11 is 0. The number of hydrogen-bond donors (Lipinski definition) is 3. The average molecular weight is 472 g/mol. The molecule has 0 radical (unpaired) electrons. The third-order valence-electron chi connectivity index (χ3n) is 6.62. The van der Waals surface area contributed by atoms with Gasteiger partial charge in [0.25, 0.3) is 5.91 Å². The number of carbonyl (C=O) groups excluding carboxylic acids is 1. The second-order valence-electron chi connectivity index (χ2n) is 9.16. The Morgan fingerprint density at radius 2 is 1.89 bits per heavy atom. The van der Waals surface area contributed by atoms with Crippen molar-refractivity contribution in [2.24, 2.45) is 18.2 Å². The molecule has 2 aliphatic rings. The number of imidazole rings is 1. The van der Waals surface area contributed by atoms with Crippen LogP contribution in [0.25, 0.3) is 22.3 Å². The van der Waals surface area contributed by atoms with Gasteiger partial charge in [-0.15, -0.1) is 0 Å². The standard InChI is InChI=1S/C24H25N9O2/c1-26-22-19(16-7-27-8-17-18(16)28-13-32(17)2)30-20(21(25)34)23(31-22)29-14-3-5-15(6-4-14)33-9-24(10-33)11-35-12-24/h3-8,13H,9-12H2,1-2H3,(H2,25,34)(H2,26,29,31). The van der Waals surface area contributed by atoms with Crippen LogP contribution < -0.4 is 21.3 Å². The first-order chi connectivity index (χ1) is 17.0. The van der Waals surface area contributed by atoms with Crippen molar-refractivity contribution in [2.75, 3.05) is 48.9 Å². The zero-order valence-electron chi connectivity index (χ0n) is 19.4. The first kappa shape index (κ1) is 21.3. The number of anilines is 4. The van der Waals surface area contributed by atoms with Gasteiger partial charge in [0.05, 0.1) is 42.2 Å². The Labute approximate surface area is 201 Å². The molecular weight excluding hydrogens is 446 g/mol. The molecular formula is C24H25N9O2. The minimum Gasteiger partial charge on any atom is -0.380 e. The number of amides is 1.